The molecular formula is C13H14BrNO4S. The van der Waals surface area contributed by atoms with Gasteiger partial charge in [-0.2, -0.15) is 0 Å². The van der Waals surface area contributed by atoms with Crippen LogP contribution in [0.2, 0.25) is 0 Å². The van der Waals surface area contributed by atoms with E-state index in [0.717, 1.165) is 0 Å². The van der Waals surface area contributed by atoms with E-state index in [1.54, 1.807) is 32.0 Å². The molecular weight excluding hydrogens is 346 g/mol. The number of carbonyl (C=O) groups excluding carboxylic acids is 2. The van der Waals surface area contributed by atoms with Crippen LogP contribution in [-0.2, 0) is 14.6 Å². The van der Waals surface area contributed by atoms with Gasteiger partial charge in [-0.1, -0.05) is 6.07 Å². The zero-order valence-electron chi connectivity index (χ0n) is 11.1. The van der Waals surface area contributed by atoms with Crippen molar-refractivity contribution in [2.45, 2.75) is 19.1 Å². The third-order valence-corrected chi connectivity index (χ3v) is 6.12. The molecule has 1 amide bonds. The number of anilines is 1. The number of sulfone groups is 1. The first-order valence-electron chi connectivity index (χ1n) is 6.12. The van der Waals surface area contributed by atoms with Gasteiger partial charge in [0, 0.05) is 11.0 Å². The molecule has 0 radical (unpaired) electrons. The highest BCUT2D eigenvalue weighted by Crippen LogP contribution is 2.34. The summed E-state index contributed by atoms with van der Waals surface area (Å²) in [6.45, 7) is 3.18. The van der Waals surface area contributed by atoms with Gasteiger partial charge in [0.25, 0.3) is 11.7 Å². The smallest absolute Gasteiger partial charge is 0.299 e. The van der Waals surface area contributed by atoms with Gasteiger partial charge in [-0.3, -0.25) is 9.59 Å². The van der Waals surface area contributed by atoms with E-state index >= 15 is 0 Å². The van der Waals surface area contributed by atoms with Crippen LogP contribution in [0.5, 0.6) is 0 Å². The van der Waals surface area contributed by atoms with Crippen LogP contribution in [0.3, 0.4) is 0 Å². The lowest BCUT2D eigenvalue weighted by Crippen LogP contribution is -2.35. The number of rotatable bonds is 4. The Labute approximate surface area is 126 Å². The average Bonchev–Trinajstić information content (AvgIpc) is 2.61. The number of hydrogen-bond acceptors (Lipinski definition) is 4. The topological polar surface area (TPSA) is 71.5 Å². The molecule has 20 heavy (non-hydrogen) atoms. The van der Waals surface area contributed by atoms with Crippen LogP contribution in [-0.4, -0.2) is 37.7 Å². The van der Waals surface area contributed by atoms with Gasteiger partial charge < -0.3 is 4.90 Å². The van der Waals surface area contributed by atoms with E-state index in [-0.39, 0.29) is 12.3 Å². The van der Waals surface area contributed by atoms with Crippen molar-refractivity contribution < 1.29 is 18.0 Å². The number of carbonyl (C=O) groups is 2. The summed E-state index contributed by atoms with van der Waals surface area (Å²) in [5.74, 6) is -1.43. The number of nitrogens with zero attached hydrogens (tertiary/aromatic N) is 1. The molecule has 0 N–H and O–H groups in total. The van der Waals surface area contributed by atoms with Crippen molar-refractivity contribution in [3.05, 3.63) is 28.2 Å². The van der Waals surface area contributed by atoms with Crippen LogP contribution in [0.4, 0.5) is 5.69 Å². The molecule has 0 saturated heterocycles. The minimum atomic E-state index is -3.26. The van der Waals surface area contributed by atoms with Gasteiger partial charge in [0.1, 0.15) is 0 Å². The van der Waals surface area contributed by atoms with Crippen molar-refractivity contribution >= 4 is 43.1 Å². The molecule has 1 aliphatic rings. The van der Waals surface area contributed by atoms with Gasteiger partial charge in [-0.15, -0.1) is 0 Å². The number of ketones is 1. The third kappa shape index (κ3) is 2.52. The van der Waals surface area contributed by atoms with Crippen molar-refractivity contribution in [2.75, 3.05) is 17.2 Å². The predicted octanol–water partition coefficient (Wildman–Crippen LogP) is 1.80. The molecule has 0 fully saturated rings. The Hall–Kier alpha value is -1.21. The highest BCUT2D eigenvalue weighted by Gasteiger charge is 2.37. The molecule has 1 aliphatic heterocycles. The molecule has 0 bridgehead atoms. The van der Waals surface area contributed by atoms with Gasteiger partial charge in [0.05, 0.1) is 22.3 Å². The quantitative estimate of drug-likeness (QED) is 0.768. The van der Waals surface area contributed by atoms with Crippen LogP contribution >= 0.6 is 15.9 Å². The number of hydrogen-bond donors (Lipinski definition) is 0. The molecule has 1 heterocycles. The monoisotopic (exact) mass is 359 g/mol. The maximum Gasteiger partial charge on any atom is 0.299 e. The molecule has 0 unspecified atom stereocenters. The number of fused-ring (bicyclic) bond motifs is 1. The minimum absolute atomic E-state index is 0.00542. The Morgan fingerprint density at radius 3 is 2.50 bits per heavy atom. The number of halogens is 1. The van der Waals surface area contributed by atoms with E-state index in [1.165, 1.54) is 4.90 Å². The molecule has 0 aromatic heterocycles. The van der Waals surface area contributed by atoms with E-state index in [0.29, 0.717) is 15.7 Å². The predicted molar refractivity (Wildman–Crippen MR) is 79.7 cm³/mol. The second-order valence-electron chi connectivity index (χ2n) is 4.84. The van der Waals surface area contributed by atoms with Gasteiger partial charge in [-0.05, 0) is 41.9 Å². The maximum atomic E-state index is 12.0. The van der Waals surface area contributed by atoms with Crippen LogP contribution in [0, 0.1) is 0 Å². The van der Waals surface area contributed by atoms with Crippen LogP contribution in [0.15, 0.2) is 22.7 Å². The summed E-state index contributed by atoms with van der Waals surface area (Å²) in [6.07, 6.45) is 0. The zero-order chi connectivity index (χ0) is 15.1. The second-order valence-corrected chi connectivity index (χ2v) is 8.37. The summed E-state index contributed by atoms with van der Waals surface area (Å²) in [5, 5.41) is -0.502. The van der Waals surface area contributed by atoms with Crippen molar-refractivity contribution in [3.8, 4) is 0 Å². The first-order chi connectivity index (χ1) is 9.25. The van der Waals surface area contributed by atoms with E-state index in [4.69, 9.17) is 0 Å². The Bertz CT molecular complexity index is 682. The van der Waals surface area contributed by atoms with E-state index in [9.17, 15) is 18.0 Å². The summed E-state index contributed by atoms with van der Waals surface area (Å²) in [6, 6.07) is 5.03. The van der Waals surface area contributed by atoms with Crippen LogP contribution < -0.4 is 4.90 Å². The summed E-state index contributed by atoms with van der Waals surface area (Å²) in [5.41, 5.74) is 0.771. The fraction of sp³-hybridized carbons (Fsp3) is 0.385. The van der Waals surface area contributed by atoms with Crippen molar-refractivity contribution in [3.63, 3.8) is 0 Å². The number of Topliss-reactive ketones (excluding diaryl/α,β-unsaturated/α-hetero) is 1. The van der Waals surface area contributed by atoms with Crippen molar-refractivity contribution in [1.82, 2.24) is 0 Å². The average molecular weight is 360 g/mol. The van der Waals surface area contributed by atoms with Gasteiger partial charge in [-0.25, -0.2) is 8.42 Å². The fourth-order valence-corrected chi connectivity index (χ4v) is 3.42. The summed E-state index contributed by atoms with van der Waals surface area (Å²) >= 11 is 3.24. The SMILES string of the molecule is CC(C)S(=O)(=O)CCN1C(=O)C(=O)c2c(Br)cccc21. The summed E-state index contributed by atoms with van der Waals surface area (Å²) in [7, 11) is -3.26. The molecule has 5 nitrogen and oxygen atoms in total. The molecule has 2 rings (SSSR count). The zero-order valence-corrected chi connectivity index (χ0v) is 13.5. The standard InChI is InChI=1S/C13H14BrNO4S/c1-8(2)20(18,19)7-6-15-10-5-3-4-9(14)11(10)12(16)13(15)17/h3-5,8H,6-7H2,1-2H3. The number of amides is 1. The summed E-state index contributed by atoms with van der Waals surface area (Å²) < 4.78 is 24.2. The Morgan fingerprint density at radius 2 is 1.90 bits per heavy atom. The van der Waals surface area contributed by atoms with E-state index in [2.05, 4.69) is 15.9 Å². The second kappa shape index (κ2) is 5.29. The lowest BCUT2D eigenvalue weighted by molar-refractivity contribution is -0.114. The lowest BCUT2D eigenvalue weighted by Gasteiger charge is -2.17. The first kappa shape index (κ1) is 15.2. The van der Waals surface area contributed by atoms with Crippen molar-refractivity contribution in [2.24, 2.45) is 0 Å². The molecule has 7 heteroatoms. The lowest BCUT2D eigenvalue weighted by atomic mass is 10.1. The third-order valence-electron chi connectivity index (χ3n) is 3.27. The van der Waals surface area contributed by atoms with E-state index in [1.807, 2.05) is 0 Å². The molecule has 0 aliphatic carbocycles. The molecule has 1 aromatic carbocycles. The first-order valence-corrected chi connectivity index (χ1v) is 8.63. The van der Waals surface area contributed by atoms with Crippen molar-refractivity contribution in [1.29, 1.82) is 0 Å². The normalized spacial score (nSPS) is 15.1. The number of benzene rings is 1. The van der Waals surface area contributed by atoms with Crippen LogP contribution in [0.25, 0.3) is 0 Å². The van der Waals surface area contributed by atoms with Gasteiger partial charge in [0.2, 0.25) is 0 Å². The molecule has 108 valence electrons. The minimum Gasteiger partial charge on any atom is -0.304 e. The largest absolute Gasteiger partial charge is 0.304 e. The highest BCUT2D eigenvalue weighted by molar-refractivity contribution is 9.10. The summed E-state index contributed by atoms with van der Waals surface area (Å²) in [4.78, 5) is 25.1. The molecule has 0 saturated carbocycles. The van der Waals surface area contributed by atoms with Gasteiger partial charge >= 0.3 is 0 Å². The molecule has 0 atom stereocenters. The maximum absolute atomic E-state index is 12.0. The van der Waals surface area contributed by atoms with Gasteiger partial charge in [0.15, 0.2) is 9.84 Å². The Kier molecular flexibility index (Phi) is 4.02. The fourth-order valence-electron chi connectivity index (χ4n) is 1.98. The highest BCUT2D eigenvalue weighted by atomic mass is 79.9. The Morgan fingerprint density at radius 1 is 1.25 bits per heavy atom. The molecule has 0 spiro atoms. The van der Waals surface area contributed by atoms with E-state index < -0.39 is 26.8 Å². The molecule has 1 aromatic rings. The van der Waals surface area contributed by atoms with Crippen LogP contribution in [0.1, 0.15) is 24.2 Å². The Balaban J connectivity index is 2.30.